The highest BCUT2D eigenvalue weighted by molar-refractivity contribution is 5.75. The fourth-order valence-corrected chi connectivity index (χ4v) is 6.92. The van der Waals surface area contributed by atoms with Gasteiger partial charge in [-0.05, 0) is 53.8 Å². The molecule has 0 bridgehead atoms. The van der Waals surface area contributed by atoms with Crippen molar-refractivity contribution >= 4 is 16.7 Å². The number of benzene rings is 4. The molecule has 0 radical (unpaired) electrons. The maximum absolute atomic E-state index is 12.9. The van der Waals surface area contributed by atoms with Crippen molar-refractivity contribution in [1.29, 1.82) is 0 Å². The van der Waals surface area contributed by atoms with E-state index in [1.165, 1.54) is 0 Å². The van der Waals surface area contributed by atoms with Gasteiger partial charge in [-0.15, -0.1) is 0 Å². The van der Waals surface area contributed by atoms with E-state index in [0.29, 0.717) is 5.69 Å². The molecule has 2 aliphatic heterocycles. The fourth-order valence-electron chi connectivity index (χ4n) is 6.92. The topological polar surface area (TPSA) is 106 Å². The maximum atomic E-state index is 12.9. The number of aliphatic hydroxyl groups is 1. The molecule has 1 unspecified atom stereocenters. The number of ether oxygens (including phenoxy) is 2. The van der Waals surface area contributed by atoms with Gasteiger partial charge in [0.25, 0.3) is 0 Å². The van der Waals surface area contributed by atoms with E-state index in [1.54, 1.807) is 0 Å². The number of imidazole rings is 1. The molecule has 1 aromatic heterocycles. The van der Waals surface area contributed by atoms with Crippen LogP contribution in [0.15, 0.2) is 108 Å². The molecule has 7 rings (SSSR count). The maximum Gasteiger partial charge on any atom is 0.326 e. The lowest BCUT2D eigenvalue weighted by atomic mass is 9.83. The molecule has 4 aromatic carbocycles. The summed E-state index contributed by atoms with van der Waals surface area (Å²) in [7, 11) is 0. The predicted molar refractivity (Wildman–Crippen MR) is 171 cm³/mol. The Morgan fingerprint density at radius 3 is 2.30 bits per heavy atom. The van der Waals surface area contributed by atoms with Crippen molar-refractivity contribution in [3.05, 3.63) is 136 Å². The molecule has 4 N–H and O–H groups in total. The van der Waals surface area contributed by atoms with E-state index < -0.39 is 6.29 Å². The van der Waals surface area contributed by atoms with Crippen LogP contribution in [-0.2, 0) is 16.1 Å². The second-order valence-electron chi connectivity index (χ2n) is 11.9. The number of aromatic nitrogens is 2. The molecule has 2 saturated heterocycles. The van der Waals surface area contributed by atoms with E-state index in [1.807, 2.05) is 71.3 Å². The highest BCUT2D eigenvalue weighted by Crippen LogP contribution is 2.47. The number of anilines is 1. The van der Waals surface area contributed by atoms with Crippen molar-refractivity contribution in [1.82, 2.24) is 14.5 Å². The predicted octanol–water partition coefficient (Wildman–Crippen LogP) is 5.68. The quantitative estimate of drug-likeness (QED) is 0.211. The number of hydrogen-bond acceptors (Lipinski definition) is 6. The van der Waals surface area contributed by atoms with E-state index in [4.69, 9.17) is 15.2 Å². The SMILES string of the molecule is Nc1cccc(C2O[C@H](CN3CCC(n4c(=O)[nH]c5ccccc54)CC3)[C@@H](c3ccccc3)[C@H](c3ccc(CO)cc3)O2)c1. The van der Waals surface area contributed by atoms with Gasteiger partial charge in [-0.3, -0.25) is 4.57 Å². The van der Waals surface area contributed by atoms with Gasteiger partial charge in [0.2, 0.25) is 0 Å². The first-order valence-corrected chi connectivity index (χ1v) is 15.4. The number of likely N-dealkylation sites (tertiary alicyclic amines) is 1. The average molecular weight is 591 g/mol. The van der Waals surface area contributed by atoms with Gasteiger partial charge < -0.3 is 30.2 Å². The molecule has 0 aliphatic carbocycles. The van der Waals surface area contributed by atoms with Crippen LogP contribution in [0.4, 0.5) is 5.69 Å². The van der Waals surface area contributed by atoms with Crippen LogP contribution in [0.5, 0.6) is 0 Å². The Balaban J connectivity index is 1.18. The highest BCUT2D eigenvalue weighted by atomic mass is 16.7. The Morgan fingerprint density at radius 1 is 0.818 bits per heavy atom. The first-order valence-electron chi connectivity index (χ1n) is 15.4. The van der Waals surface area contributed by atoms with Crippen LogP contribution in [-0.4, -0.2) is 45.3 Å². The summed E-state index contributed by atoms with van der Waals surface area (Å²) in [6, 6.07) is 34.2. The van der Waals surface area contributed by atoms with Crippen LogP contribution in [0.2, 0.25) is 0 Å². The monoisotopic (exact) mass is 590 g/mol. The minimum absolute atomic E-state index is 0.00774. The van der Waals surface area contributed by atoms with E-state index in [2.05, 4.69) is 46.3 Å². The van der Waals surface area contributed by atoms with Gasteiger partial charge in [0, 0.05) is 42.8 Å². The number of nitrogens with two attached hydrogens (primary N) is 1. The van der Waals surface area contributed by atoms with Gasteiger partial charge in [-0.25, -0.2) is 4.79 Å². The summed E-state index contributed by atoms with van der Waals surface area (Å²) in [6.07, 6.45) is 0.718. The average Bonchev–Trinajstić information content (AvgIpc) is 3.41. The molecule has 2 aliphatic rings. The molecular formula is C36H38N4O4. The Labute approximate surface area is 256 Å². The lowest BCUT2D eigenvalue weighted by molar-refractivity contribution is -0.264. The first kappa shape index (κ1) is 28.6. The highest BCUT2D eigenvalue weighted by Gasteiger charge is 2.43. The molecule has 5 aromatic rings. The first-order chi connectivity index (χ1) is 21.6. The number of nitrogen functional groups attached to an aromatic ring is 1. The van der Waals surface area contributed by atoms with Gasteiger partial charge >= 0.3 is 5.69 Å². The number of nitrogens with one attached hydrogen (secondary N) is 1. The lowest BCUT2D eigenvalue weighted by Gasteiger charge is -2.45. The number of nitrogens with zero attached hydrogens (tertiary/aromatic N) is 2. The summed E-state index contributed by atoms with van der Waals surface area (Å²) in [5.41, 5.74) is 12.6. The summed E-state index contributed by atoms with van der Waals surface area (Å²) >= 11 is 0. The molecule has 3 heterocycles. The molecule has 8 nitrogen and oxygen atoms in total. The summed E-state index contributed by atoms with van der Waals surface area (Å²) in [6.45, 7) is 2.43. The van der Waals surface area contributed by atoms with Crippen LogP contribution in [0.25, 0.3) is 11.0 Å². The Morgan fingerprint density at radius 2 is 1.55 bits per heavy atom. The summed E-state index contributed by atoms with van der Waals surface area (Å²) in [5.74, 6) is -0.0672. The molecule has 4 atom stereocenters. The second-order valence-corrected chi connectivity index (χ2v) is 11.9. The molecule has 8 heteroatoms. The van der Waals surface area contributed by atoms with Crippen molar-refractivity contribution in [2.24, 2.45) is 0 Å². The Kier molecular flexibility index (Phi) is 8.06. The zero-order valence-corrected chi connectivity index (χ0v) is 24.6. The van der Waals surface area contributed by atoms with Crippen LogP contribution < -0.4 is 11.4 Å². The van der Waals surface area contributed by atoms with E-state index in [9.17, 15) is 9.90 Å². The van der Waals surface area contributed by atoms with Crippen LogP contribution in [0.1, 0.15) is 59.4 Å². The van der Waals surface area contributed by atoms with Crippen molar-refractivity contribution in [2.45, 2.75) is 49.9 Å². The Bertz CT molecular complexity index is 1760. The van der Waals surface area contributed by atoms with Crippen molar-refractivity contribution in [2.75, 3.05) is 25.4 Å². The second kappa shape index (κ2) is 12.4. The number of para-hydroxylation sites is 2. The molecule has 0 amide bonds. The minimum Gasteiger partial charge on any atom is -0.399 e. The molecule has 226 valence electrons. The normalized spacial score (nSPS) is 23.2. The third kappa shape index (κ3) is 5.69. The zero-order valence-electron chi connectivity index (χ0n) is 24.6. The molecule has 0 saturated carbocycles. The van der Waals surface area contributed by atoms with E-state index in [0.717, 1.165) is 65.8 Å². The number of aromatic amines is 1. The van der Waals surface area contributed by atoms with Crippen LogP contribution >= 0.6 is 0 Å². The molecule has 44 heavy (non-hydrogen) atoms. The van der Waals surface area contributed by atoms with E-state index in [-0.39, 0.29) is 36.5 Å². The Hall–Kier alpha value is -4.21. The van der Waals surface area contributed by atoms with Crippen LogP contribution in [0, 0.1) is 0 Å². The lowest BCUT2D eigenvalue weighted by Crippen LogP contribution is -2.47. The minimum atomic E-state index is -0.590. The van der Waals surface area contributed by atoms with Crippen LogP contribution in [0.3, 0.4) is 0 Å². The number of hydrogen-bond donors (Lipinski definition) is 3. The number of fused-ring (bicyclic) bond motifs is 1. The van der Waals surface area contributed by atoms with Crippen molar-refractivity contribution in [3.8, 4) is 0 Å². The zero-order chi connectivity index (χ0) is 30.0. The summed E-state index contributed by atoms with van der Waals surface area (Å²) in [5, 5.41) is 9.67. The van der Waals surface area contributed by atoms with Gasteiger partial charge in [-0.2, -0.15) is 0 Å². The van der Waals surface area contributed by atoms with Gasteiger partial charge in [-0.1, -0.05) is 78.9 Å². The van der Waals surface area contributed by atoms with E-state index >= 15 is 0 Å². The number of piperidine rings is 1. The largest absolute Gasteiger partial charge is 0.399 e. The molecular weight excluding hydrogens is 552 g/mol. The standard InChI is InChI=1S/C36H38N4O4/c37-28-10-6-9-27(21-28)35-43-32(22-39-19-17-29(18-20-39)40-31-12-5-4-11-30(31)38-36(40)42)33(25-7-2-1-3-8-25)34(44-35)26-15-13-24(23-41)14-16-26/h1-16,21,29,32-35,41H,17-20,22-23,37H2,(H,38,42)/t32-,33-,34+,35?/m1/s1. The summed E-state index contributed by atoms with van der Waals surface area (Å²) in [4.78, 5) is 18.4. The third-order valence-corrected chi connectivity index (χ3v) is 9.14. The number of aliphatic hydroxyl groups excluding tert-OH is 1. The number of H-pyrrole nitrogens is 1. The fraction of sp³-hybridized carbons (Fsp3) is 0.306. The van der Waals surface area contributed by atoms with Gasteiger partial charge in [0.05, 0.1) is 29.8 Å². The van der Waals surface area contributed by atoms with Crippen molar-refractivity contribution < 1.29 is 14.6 Å². The third-order valence-electron chi connectivity index (χ3n) is 9.14. The van der Waals surface area contributed by atoms with Gasteiger partial charge in [0.1, 0.15) is 0 Å². The number of rotatable bonds is 7. The molecule has 0 spiro atoms. The summed E-state index contributed by atoms with van der Waals surface area (Å²) < 4.78 is 15.6. The van der Waals surface area contributed by atoms with Gasteiger partial charge in [0.15, 0.2) is 6.29 Å². The smallest absolute Gasteiger partial charge is 0.326 e. The molecule has 2 fully saturated rings. The van der Waals surface area contributed by atoms with Crippen molar-refractivity contribution in [3.63, 3.8) is 0 Å².